The fourth-order valence-electron chi connectivity index (χ4n) is 1.92. The zero-order valence-corrected chi connectivity index (χ0v) is 13.9. The molecule has 1 aliphatic carbocycles. The molecule has 23 heavy (non-hydrogen) atoms. The van der Waals surface area contributed by atoms with Gasteiger partial charge in [0, 0.05) is 12.1 Å². The molecule has 2 rings (SSSR count). The zero-order chi connectivity index (χ0) is 16.9. The van der Waals surface area contributed by atoms with Gasteiger partial charge in [-0.2, -0.15) is 0 Å². The largest absolute Gasteiger partial charge is 0.493 e. The first-order valence-electron chi connectivity index (χ1n) is 7.89. The molecular weight excluding hydrogens is 297 g/mol. The number of rotatable bonds is 6. The Kier molecular flexibility index (Phi) is 5.64. The van der Waals surface area contributed by atoms with Gasteiger partial charge in [0.05, 0.1) is 6.61 Å². The normalized spacial score (nSPS) is 14.8. The quantitative estimate of drug-likeness (QED) is 0.856. The number of amides is 1. The molecule has 0 aromatic heterocycles. The minimum absolute atomic E-state index is 0.299. The molecule has 0 bridgehead atoms. The van der Waals surface area contributed by atoms with Gasteiger partial charge in [-0.1, -0.05) is 12.2 Å². The van der Waals surface area contributed by atoms with Gasteiger partial charge in [0.15, 0.2) is 0 Å². The number of carbonyl (C=O) groups is 1. The number of alkyl carbamates (subject to hydrolysis) is 1. The molecule has 1 N–H and O–H groups in total. The van der Waals surface area contributed by atoms with Crippen LogP contribution < -0.4 is 10.1 Å². The van der Waals surface area contributed by atoms with E-state index < -0.39 is 11.7 Å². The average Bonchev–Trinajstić information content (AvgIpc) is 3.25. The van der Waals surface area contributed by atoms with E-state index in [-0.39, 0.29) is 5.82 Å². The van der Waals surface area contributed by atoms with Crippen LogP contribution in [0.4, 0.5) is 9.18 Å². The van der Waals surface area contributed by atoms with Gasteiger partial charge in [0.1, 0.15) is 17.2 Å². The van der Waals surface area contributed by atoms with Crippen LogP contribution in [-0.2, 0) is 4.74 Å². The van der Waals surface area contributed by atoms with Crippen LogP contribution in [0.3, 0.4) is 0 Å². The van der Waals surface area contributed by atoms with Gasteiger partial charge in [-0.3, -0.25) is 0 Å². The predicted octanol–water partition coefficient (Wildman–Crippen LogP) is 4.15. The van der Waals surface area contributed by atoms with E-state index in [1.165, 1.54) is 25.0 Å². The summed E-state index contributed by atoms with van der Waals surface area (Å²) in [5.74, 6) is 0.973. The summed E-state index contributed by atoms with van der Waals surface area (Å²) in [7, 11) is 0. The maximum Gasteiger partial charge on any atom is 0.407 e. The summed E-state index contributed by atoms with van der Waals surface area (Å²) in [6.45, 7) is 6.38. The number of halogens is 1. The molecule has 1 aromatic rings. The Balaban J connectivity index is 1.87. The first-order chi connectivity index (χ1) is 10.8. The molecule has 0 atom stereocenters. The van der Waals surface area contributed by atoms with Crippen molar-refractivity contribution in [1.29, 1.82) is 0 Å². The van der Waals surface area contributed by atoms with Gasteiger partial charge in [0.2, 0.25) is 0 Å². The third-order valence-electron chi connectivity index (χ3n) is 3.20. The van der Waals surface area contributed by atoms with E-state index >= 15 is 0 Å². The van der Waals surface area contributed by atoms with Gasteiger partial charge in [-0.05, 0) is 57.7 Å². The molecule has 0 heterocycles. The van der Waals surface area contributed by atoms with Gasteiger partial charge in [-0.25, -0.2) is 9.18 Å². The van der Waals surface area contributed by atoms with Crippen molar-refractivity contribution in [3.63, 3.8) is 0 Å². The molecule has 0 radical (unpaired) electrons. The highest BCUT2D eigenvalue weighted by Gasteiger charge is 2.22. The Hall–Kier alpha value is -2.04. The topological polar surface area (TPSA) is 47.6 Å². The fourth-order valence-corrected chi connectivity index (χ4v) is 1.92. The first-order valence-corrected chi connectivity index (χ1v) is 7.89. The van der Waals surface area contributed by atoms with Gasteiger partial charge >= 0.3 is 6.09 Å². The maximum atomic E-state index is 13.4. The highest BCUT2D eigenvalue weighted by Crippen LogP contribution is 2.30. The maximum absolute atomic E-state index is 13.4. The number of hydrogen-bond donors (Lipinski definition) is 1. The van der Waals surface area contributed by atoms with Gasteiger partial charge in [0.25, 0.3) is 0 Å². The number of benzene rings is 1. The van der Waals surface area contributed by atoms with Crippen molar-refractivity contribution < 1.29 is 18.7 Å². The molecule has 1 fully saturated rings. The summed E-state index contributed by atoms with van der Waals surface area (Å²) in [5, 5.41) is 2.62. The fraction of sp³-hybridized carbons (Fsp3) is 0.500. The molecule has 0 spiro atoms. The number of ether oxygens (including phenoxy) is 2. The smallest absolute Gasteiger partial charge is 0.407 e. The Morgan fingerprint density at radius 2 is 2.13 bits per heavy atom. The molecule has 0 unspecified atom stereocenters. The molecule has 5 heteroatoms. The highest BCUT2D eigenvalue weighted by molar-refractivity contribution is 5.68. The summed E-state index contributed by atoms with van der Waals surface area (Å²) in [6.07, 6.45) is 5.40. The van der Waals surface area contributed by atoms with E-state index in [4.69, 9.17) is 9.47 Å². The van der Waals surface area contributed by atoms with Crippen LogP contribution >= 0.6 is 0 Å². The monoisotopic (exact) mass is 321 g/mol. The lowest BCUT2D eigenvalue weighted by molar-refractivity contribution is 0.0534. The summed E-state index contributed by atoms with van der Waals surface area (Å²) in [5.41, 5.74) is 0.136. The summed E-state index contributed by atoms with van der Waals surface area (Å²) >= 11 is 0. The minimum atomic E-state index is -0.528. The third kappa shape index (κ3) is 6.72. The van der Waals surface area contributed by atoms with Crippen molar-refractivity contribution in [2.45, 2.75) is 39.2 Å². The molecule has 4 nitrogen and oxygen atoms in total. The average molecular weight is 321 g/mol. The summed E-state index contributed by atoms with van der Waals surface area (Å²) < 4.78 is 24.3. The van der Waals surface area contributed by atoms with Crippen LogP contribution in [-0.4, -0.2) is 24.8 Å². The molecular formula is C18H24FNO3. The van der Waals surface area contributed by atoms with Crippen molar-refractivity contribution in [1.82, 2.24) is 5.32 Å². The van der Waals surface area contributed by atoms with Crippen molar-refractivity contribution in [2.75, 3.05) is 13.2 Å². The third-order valence-corrected chi connectivity index (χ3v) is 3.20. The second kappa shape index (κ2) is 7.49. The van der Waals surface area contributed by atoms with Crippen molar-refractivity contribution in [2.24, 2.45) is 5.92 Å². The van der Waals surface area contributed by atoms with Crippen LogP contribution in [0, 0.1) is 11.7 Å². The molecule has 1 aliphatic rings. The number of hydrogen-bond acceptors (Lipinski definition) is 3. The standard InChI is InChI=1S/C18H24FNO3/c1-18(2,3)23-17(21)20-10-4-5-14-11-15(19)8-9-16(14)22-12-13-6-7-13/h4-5,8-9,11,13H,6-7,10,12H2,1-3H3,(H,20,21). The SMILES string of the molecule is CC(C)(C)OC(=O)NCC=Cc1cc(F)ccc1OCC1CC1. The zero-order valence-electron chi connectivity index (χ0n) is 13.9. The minimum Gasteiger partial charge on any atom is -0.493 e. The second-order valence-corrected chi connectivity index (χ2v) is 6.72. The second-order valence-electron chi connectivity index (χ2n) is 6.72. The summed E-state index contributed by atoms with van der Waals surface area (Å²) in [6, 6.07) is 4.45. The highest BCUT2D eigenvalue weighted by atomic mass is 19.1. The molecule has 126 valence electrons. The van der Waals surface area contributed by atoms with E-state index in [0.717, 1.165) is 0 Å². The van der Waals surface area contributed by atoms with E-state index in [1.807, 2.05) is 0 Å². The Bertz CT molecular complexity index is 574. The van der Waals surface area contributed by atoms with Crippen LogP contribution in [0.1, 0.15) is 39.2 Å². The van der Waals surface area contributed by atoms with E-state index in [0.29, 0.717) is 30.4 Å². The summed E-state index contributed by atoms with van der Waals surface area (Å²) in [4.78, 5) is 11.5. The van der Waals surface area contributed by atoms with Crippen LogP contribution in [0.25, 0.3) is 6.08 Å². The van der Waals surface area contributed by atoms with Crippen molar-refractivity contribution in [3.05, 3.63) is 35.7 Å². The lowest BCUT2D eigenvalue weighted by Gasteiger charge is -2.19. The van der Waals surface area contributed by atoms with E-state index in [9.17, 15) is 9.18 Å². The Morgan fingerprint density at radius 1 is 1.39 bits per heavy atom. The molecule has 1 saturated carbocycles. The Morgan fingerprint density at radius 3 is 2.78 bits per heavy atom. The lowest BCUT2D eigenvalue weighted by atomic mass is 10.2. The van der Waals surface area contributed by atoms with E-state index in [2.05, 4.69) is 5.32 Å². The predicted molar refractivity (Wildman–Crippen MR) is 87.9 cm³/mol. The van der Waals surface area contributed by atoms with Crippen LogP contribution in [0.2, 0.25) is 0 Å². The van der Waals surface area contributed by atoms with Crippen LogP contribution in [0.5, 0.6) is 5.75 Å². The Labute approximate surface area is 136 Å². The van der Waals surface area contributed by atoms with Gasteiger partial charge in [-0.15, -0.1) is 0 Å². The number of nitrogens with one attached hydrogen (secondary N) is 1. The number of carbonyl (C=O) groups excluding carboxylic acids is 1. The molecule has 0 saturated heterocycles. The van der Waals surface area contributed by atoms with Crippen molar-refractivity contribution >= 4 is 12.2 Å². The van der Waals surface area contributed by atoms with E-state index in [1.54, 1.807) is 39.0 Å². The van der Waals surface area contributed by atoms with Crippen molar-refractivity contribution in [3.8, 4) is 5.75 Å². The van der Waals surface area contributed by atoms with Gasteiger partial charge < -0.3 is 14.8 Å². The van der Waals surface area contributed by atoms with Crippen LogP contribution in [0.15, 0.2) is 24.3 Å². The molecule has 1 amide bonds. The first kappa shape index (κ1) is 17.3. The molecule has 1 aromatic carbocycles. The molecule has 0 aliphatic heterocycles. The lowest BCUT2D eigenvalue weighted by Crippen LogP contribution is -2.32.